The molecule has 0 aromatic carbocycles. The van der Waals surface area contributed by atoms with Crippen LogP contribution in [-0.4, -0.2) is 24.1 Å². The van der Waals surface area contributed by atoms with Gasteiger partial charge in [0.05, 0.1) is 12.2 Å². The van der Waals surface area contributed by atoms with Crippen molar-refractivity contribution in [2.75, 3.05) is 13.2 Å². The van der Waals surface area contributed by atoms with Crippen molar-refractivity contribution in [3.05, 3.63) is 29.6 Å². The highest BCUT2D eigenvalue weighted by Gasteiger charge is 2.04. The van der Waals surface area contributed by atoms with Crippen molar-refractivity contribution >= 4 is 5.91 Å². The maximum absolute atomic E-state index is 11.3. The SMILES string of the molecule is CCOCC(=O)NCc1ncccc1CC. The number of rotatable bonds is 6. The monoisotopic (exact) mass is 222 g/mol. The van der Waals surface area contributed by atoms with E-state index < -0.39 is 0 Å². The highest BCUT2D eigenvalue weighted by Crippen LogP contribution is 2.05. The lowest BCUT2D eigenvalue weighted by atomic mass is 10.1. The Morgan fingerprint density at radius 1 is 1.50 bits per heavy atom. The summed E-state index contributed by atoms with van der Waals surface area (Å²) in [4.78, 5) is 15.6. The number of carbonyl (C=O) groups excluding carboxylic acids is 1. The van der Waals surface area contributed by atoms with Crippen molar-refractivity contribution in [3.63, 3.8) is 0 Å². The van der Waals surface area contributed by atoms with Gasteiger partial charge in [-0.1, -0.05) is 13.0 Å². The topological polar surface area (TPSA) is 51.2 Å². The Labute approximate surface area is 96.0 Å². The summed E-state index contributed by atoms with van der Waals surface area (Å²) in [5, 5.41) is 2.78. The van der Waals surface area contributed by atoms with E-state index in [0.29, 0.717) is 13.2 Å². The zero-order valence-electron chi connectivity index (χ0n) is 9.82. The number of ether oxygens (including phenoxy) is 1. The summed E-state index contributed by atoms with van der Waals surface area (Å²) in [6.07, 6.45) is 2.66. The molecular weight excluding hydrogens is 204 g/mol. The maximum atomic E-state index is 11.3. The standard InChI is InChI=1S/C12H18N2O2/c1-3-10-6-5-7-13-11(10)8-14-12(15)9-16-4-2/h5-7H,3-4,8-9H2,1-2H3,(H,14,15). The van der Waals surface area contributed by atoms with Gasteiger partial charge in [-0.2, -0.15) is 0 Å². The van der Waals surface area contributed by atoms with Crippen LogP contribution in [-0.2, 0) is 22.5 Å². The van der Waals surface area contributed by atoms with E-state index in [-0.39, 0.29) is 12.5 Å². The summed E-state index contributed by atoms with van der Waals surface area (Å²) in [5.74, 6) is -0.102. The molecule has 0 unspecified atom stereocenters. The first-order chi connectivity index (χ1) is 7.77. The van der Waals surface area contributed by atoms with Gasteiger partial charge in [0.1, 0.15) is 6.61 Å². The molecule has 4 heteroatoms. The van der Waals surface area contributed by atoms with Gasteiger partial charge < -0.3 is 10.1 Å². The average Bonchev–Trinajstić information content (AvgIpc) is 2.34. The van der Waals surface area contributed by atoms with Crippen molar-refractivity contribution in [2.24, 2.45) is 0 Å². The van der Waals surface area contributed by atoms with Crippen LogP contribution < -0.4 is 5.32 Å². The van der Waals surface area contributed by atoms with E-state index in [4.69, 9.17) is 4.74 Å². The van der Waals surface area contributed by atoms with Crippen LogP contribution in [0, 0.1) is 0 Å². The zero-order chi connectivity index (χ0) is 11.8. The second-order valence-corrected chi connectivity index (χ2v) is 3.38. The number of aryl methyl sites for hydroxylation is 1. The Morgan fingerprint density at radius 3 is 3.00 bits per heavy atom. The molecule has 0 spiro atoms. The third-order valence-electron chi connectivity index (χ3n) is 2.26. The minimum Gasteiger partial charge on any atom is -0.372 e. The van der Waals surface area contributed by atoms with E-state index in [1.54, 1.807) is 6.20 Å². The van der Waals surface area contributed by atoms with Gasteiger partial charge in [0.15, 0.2) is 0 Å². The molecule has 0 saturated heterocycles. The van der Waals surface area contributed by atoms with Crippen LogP contribution in [0.15, 0.2) is 18.3 Å². The van der Waals surface area contributed by atoms with E-state index in [9.17, 15) is 4.79 Å². The molecule has 1 amide bonds. The minimum atomic E-state index is -0.102. The minimum absolute atomic E-state index is 0.102. The molecule has 1 aromatic rings. The molecule has 0 radical (unpaired) electrons. The van der Waals surface area contributed by atoms with Crippen LogP contribution in [0.5, 0.6) is 0 Å². The summed E-state index contributed by atoms with van der Waals surface area (Å²) in [7, 11) is 0. The molecular formula is C12H18N2O2. The van der Waals surface area contributed by atoms with E-state index in [1.807, 2.05) is 19.1 Å². The molecule has 0 aliphatic rings. The number of aromatic nitrogens is 1. The summed E-state index contributed by atoms with van der Waals surface area (Å²) >= 11 is 0. The lowest BCUT2D eigenvalue weighted by Crippen LogP contribution is -2.27. The summed E-state index contributed by atoms with van der Waals surface area (Å²) in [6, 6.07) is 3.93. The van der Waals surface area contributed by atoms with Crippen molar-refractivity contribution in [1.82, 2.24) is 10.3 Å². The van der Waals surface area contributed by atoms with E-state index in [0.717, 1.165) is 12.1 Å². The number of carbonyl (C=O) groups is 1. The maximum Gasteiger partial charge on any atom is 0.246 e. The third-order valence-corrected chi connectivity index (χ3v) is 2.26. The van der Waals surface area contributed by atoms with Gasteiger partial charge in [-0.3, -0.25) is 9.78 Å². The molecule has 1 rings (SSSR count). The van der Waals surface area contributed by atoms with Gasteiger partial charge in [-0.05, 0) is 25.0 Å². The number of nitrogens with zero attached hydrogens (tertiary/aromatic N) is 1. The normalized spacial score (nSPS) is 10.1. The van der Waals surface area contributed by atoms with E-state index >= 15 is 0 Å². The van der Waals surface area contributed by atoms with Crippen LogP contribution in [0.25, 0.3) is 0 Å². The molecule has 4 nitrogen and oxygen atoms in total. The molecule has 0 aliphatic carbocycles. The van der Waals surface area contributed by atoms with Gasteiger partial charge in [0.25, 0.3) is 0 Å². The Kier molecular flexibility index (Phi) is 5.50. The van der Waals surface area contributed by atoms with Gasteiger partial charge in [0.2, 0.25) is 5.91 Å². The molecule has 0 fully saturated rings. The second-order valence-electron chi connectivity index (χ2n) is 3.38. The largest absolute Gasteiger partial charge is 0.372 e. The first kappa shape index (κ1) is 12.6. The molecule has 0 saturated carbocycles. The molecule has 0 bridgehead atoms. The molecule has 1 heterocycles. The molecule has 0 aliphatic heterocycles. The number of pyridine rings is 1. The van der Waals surface area contributed by atoms with Crippen LogP contribution in [0.3, 0.4) is 0 Å². The van der Waals surface area contributed by atoms with Crippen molar-refractivity contribution < 1.29 is 9.53 Å². The Hall–Kier alpha value is -1.42. The molecule has 1 aromatic heterocycles. The van der Waals surface area contributed by atoms with Crippen molar-refractivity contribution in [1.29, 1.82) is 0 Å². The quantitative estimate of drug-likeness (QED) is 0.789. The number of amides is 1. The highest BCUT2D eigenvalue weighted by atomic mass is 16.5. The average molecular weight is 222 g/mol. The van der Waals surface area contributed by atoms with Crippen LogP contribution in [0.4, 0.5) is 0 Å². The summed E-state index contributed by atoms with van der Waals surface area (Å²) < 4.78 is 5.01. The Morgan fingerprint density at radius 2 is 2.31 bits per heavy atom. The van der Waals surface area contributed by atoms with Crippen molar-refractivity contribution in [3.8, 4) is 0 Å². The first-order valence-electron chi connectivity index (χ1n) is 5.55. The zero-order valence-corrected chi connectivity index (χ0v) is 9.82. The van der Waals surface area contributed by atoms with Gasteiger partial charge >= 0.3 is 0 Å². The fourth-order valence-corrected chi connectivity index (χ4v) is 1.38. The second kappa shape index (κ2) is 6.95. The number of hydrogen-bond donors (Lipinski definition) is 1. The fourth-order valence-electron chi connectivity index (χ4n) is 1.38. The molecule has 1 N–H and O–H groups in total. The van der Waals surface area contributed by atoms with Crippen LogP contribution in [0.1, 0.15) is 25.1 Å². The van der Waals surface area contributed by atoms with Crippen molar-refractivity contribution in [2.45, 2.75) is 26.8 Å². The summed E-state index contributed by atoms with van der Waals surface area (Å²) in [6.45, 7) is 5.07. The number of hydrogen-bond acceptors (Lipinski definition) is 3. The molecule has 88 valence electrons. The van der Waals surface area contributed by atoms with Gasteiger partial charge in [-0.15, -0.1) is 0 Å². The van der Waals surface area contributed by atoms with Gasteiger partial charge in [-0.25, -0.2) is 0 Å². The van der Waals surface area contributed by atoms with E-state index in [2.05, 4.69) is 17.2 Å². The van der Waals surface area contributed by atoms with Crippen LogP contribution in [0.2, 0.25) is 0 Å². The Bertz CT molecular complexity index is 340. The predicted octanol–water partition coefficient (Wildman–Crippen LogP) is 1.30. The third kappa shape index (κ3) is 3.98. The number of nitrogens with one attached hydrogen (secondary N) is 1. The van der Waals surface area contributed by atoms with Crippen LogP contribution >= 0.6 is 0 Å². The lowest BCUT2D eigenvalue weighted by molar-refractivity contribution is -0.125. The Balaban J connectivity index is 2.44. The summed E-state index contributed by atoms with van der Waals surface area (Å²) in [5.41, 5.74) is 2.09. The fraction of sp³-hybridized carbons (Fsp3) is 0.500. The van der Waals surface area contributed by atoms with Gasteiger partial charge in [0, 0.05) is 12.8 Å². The predicted molar refractivity (Wildman–Crippen MR) is 62.0 cm³/mol. The molecule has 0 atom stereocenters. The first-order valence-corrected chi connectivity index (χ1v) is 5.55. The molecule has 16 heavy (non-hydrogen) atoms. The smallest absolute Gasteiger partial charge is 0.246 e. The lowest BCUT2D eigenvalue weighted by Gasteiger charge is -2.08. The highest BCUT2D eigenvalue weighted by molar-refractivity contribution is 5.77. The van der Waals surface area contributed by atoms with E-state index in [1.165, 1.54) is 5.56 Å².